The highest BCUT2D eigenvalue weighted by atomic mass is 16.1. The third-order valence-corrected chi connectivity index (χ3v) is 5.16. The molecular weight excluding hydrogens is 398 g/mol. The maximum atomic E-state index is 12.5. The lowest BCUT2D eigenvalue weighted by Gasteiger charge is -2.13. The fourth-order valence-corrected chi connectivity index (χ4v) is 3.34. The Kier molecular flexibility index (Phi) is 6.22. The standard InChI is InChI=1S/C26H25N5O/c1-18-13-21(11-12-27-18)24-9-7-19(15-28-24)16-30-26(32)25-10-8-22(17-29-25)20-5-4-6-23(14-20)31(2)3/h4-15,17H,16H2,1-3H3,(H,30,32). The van der Waals surface area contributed by atoms with Crippen LogP contribution in [0.5, 0.6) is 0 Å². The van der Waals surface area contributed by atoms with Crippen molar-refractivity contribution >= 4 is 11.6 Å². The van der Waals surface area contributed by atoms with Gasteiger partial charge in [0.1, 0.15) is 5.69 Å². The third kappa shape index (κ3) is 4.98. The number of benzene rings is 1. The van der Waals surface area contributed by atoms with Crippen LogP contribution in [0.15, 0.2) is 79.3 Å². The molecule has 0 aliphatic heterocycles. The number of carbonyl (C=O) groups is 1. The quantitative estimate of drug-likeness (QED) is 0.494. The molecule has 0 radical (unpaired) electrons. The van der Waals surface area contributed by atoms with Crippen LogP contribution in [0.3, 0.4) is 0 Å². The van der Waals surface area contributed by atoms with Crippen molar-refractivity contribution in [3.8, 4) is 22.4 Å². The number of amides is 1. The fraction of sp³-hybridized carbons (Fsp3) is 0.154. The second-order valence-corrected chi connectivity index (χ2v) is 7.80. The van der Waals surface area contributed by atoms with Crippen molar-refractivity contribution in [2.75, 3.05) is 19.0 Å². The van der Waals surface area contributed by atoms with Gasteiger partial charge in [0.25, 0.3) is 5.91 Å². The number of carbonyl (C=O) groups excluding carboxylic acids is 1. The molecule has 0 aliphatic carbocycles. The molecular formula is C26H25N5O. The number of nitrogens with zero attached hydrogens (tertiary/aromatic N) is 4. The van der Waals surface area contributed by atoms with Crippen LogP contribution in [0, 0.1) is 6.92 Å². The molecule has 0 unspecified atom stereocenters. The Hall–Kier alpha value is -4.06. The average molecular weight is 424 g/mol. The molecule has 1 aromatic carbocycles. The molecule has 6 heteroatoms. The van der Waals surface area contributed by atoms with Crippen molar-refractivity contribution in [2.45, 2.75) is 13.5 Å². The maximum absolute atomic E-state index is 12.5. The van der Waals surface area contributed by atoms with Crippen LogP contribution in [0.25, 0.3) is 22.4 Å². The van der Waals surface area contributed by atoms with Gasteiger partial charge < -0.3 is 10.2 Å². The van der Waals surface area contributed by atoms with Gasteiger partial charge in [0.15, 0.2) is 0 Å². The molecule has 0 saturated heterocycles. The minimum Gasteiger partial charge on any atom is -0.378 e. The Labute approximate surface area is 188 Å². The van der Waals surface area contributed by atoms with Crippen molar-refractivity contribution in [1.82, 2.24) is 20.3 Å². The first kappa shape index (κ1) is 21.2. The largest absolute Gasteiger partial charge is 0.378 e. The first-order valence-corrected chi connectivity index (χ1v) is 10.4. The zero-order valence-corrected chi connectivity index (χ0v) is 18.4. The molecule has 0 atom stereocenters. The zero-order chi connectivity index (χ0) is 22.5. The highest BCUT2D eigenvalue weighted by Crippen LogP contribution is 2.23. The molecule has 0 fully saturated rings. The molecule has 3 aromatic heterocycles. The van der Waals surface area contributed by atoms with Gasteiger partial charge >= 0.3 is 0 Å². The van der Waals surface area contributed by atoms with E-state index in [9.17, 15) is 4.79 Å². The van der Waals surface area contributed by atoms with E-state index in [1.54, 1.807) is 24.7 Å². The second-order valence-electron chi connectivity index (χ2n) is 7.80. The summed E-state index contributed by atoms with van der Waals surface area (Å²) in [5.41, 5.74) is 7.30. The number of aryl methyl sites for hydroxylation is 1. The number of anilines is 1. The summed E-state index contributed by atoms with van der Waals surface area (Å²) < 4.78 is 0. The Morgan fingerprint density at radius 2 is 1.75 bits per heavy atom. The first-order chi connectivity index (χ1) is 15.5. The number of aromatic nitrogens is 3. The highest BCUT2D eigenvalue weighted by Gasteiger charge is 2.09. The van der Waals surface area contributed by atoms with Gasteiger partial charge in [-0.2, -0.15) is 0 Å². The summed E-state index contributed by atoms with van der Waals surface area (Å²) >= 11 is 0. The van der Waals surface area contributed by atoms with Gasteiger partial charge in [0, 0.05) is 61.7 Å². The summed E-state index contributed by atoms with van der Waals surface area (Å²) in [4.78, 5) is 27.7. The summed E-state index contributed by atoms with van der Waals surface area (Å²) in [6.45, 7) is 2.34. The van der Waals surface area contributed by atoms with E-state index < -0.39 is 0 Å². The minimum absolute atomic E-state index is 0.215. The predicted molar refractivity (Wildman–Crippen MR) is 127 cm³/mol. The molecule has 0 aliphatic rings. The number of pyridine rings is 3. The van der Waals surface area contributed by atoms with Crippen molar-refractivity contribution in [3.63, 3.8) is 0 Å². The summed E-state index contributed by atoms with van der Waals surface area (Å²) in [6.07, 6.45) is 5.29. The first-order valence-electron chi connectivity index (χ1n) is 10.4. The molecule has 0 bridgehead atoms. The van der Waals surface area contributed by atoms with E-state index in [1.165, 1.54) is 0 Å². The van der Waals surface area contributed by atoms with Gasteiger partial charge in [0.05, 0.1) is 5.69 Å². The summed E-state index contributed by atoms with van der Waals surface area (Å²) in [6, 6.07) is 19.7. The average Bonchev–Trinajstić information content (AvgIpc) is 2.83. The van der Waals surface area contributed by atoms with E-state index in [0.717, 1.165) is 39.3 Å². The monoisotopic (exact) mass is 423 g/mol. The van der Waals surface area contributed by atoms with Gasteiger partial charge in [0.2, 0.25) is 0 Å². The number of nitrogens with one attached hydrogen (secondary N) is 1. The Balaban J connectivity index is 1.38. The van der Waals surface area contributed by atoms with E-state index in [4.69, 9.17) is 0 Å². The molecule has 160 valence electrons. The summed E-state index contributed by atoms with van der Waals surface area (Å²) in [5, 5.41) is 2.91. The normalized spacial score (nSPS) is 10.6. The molecule has 32 heavy (non-hydrogen) atoms. The molecule has 4 rings (SSSR count). The number of hydrogen-bond donors (Lipinski definition) is 1. The molecule has 0 saturated carbocycles. The van der Waals surface area contributed by atoms with Crippen LogP contribution >= 0.6 is 0 Å². The lowest BCUT2D eigenvalue weighted by molar-refractivity contribution is 0.0946. The van der Waals surface area contributed by atoms with E-state index in [1.807, 2.05) is 63.5 Å². The van der Waals surface area contributed by atoms with Crippen LogP contribution in [0.1, 0.15) is 21.7 Å². The van der Waals surface area contributed by atoms with E-state index in [0.29, 0.717) is 12.2 Å². The number of hydrogen-bond acceptors (Lipinski definition) is 5. The highest BCUT2D eigenvalue weighted by molar-refractivity contribution is 5.92. The van der Waals surface area contributed by atoms with Crippen LogP contribution in [0.4, 0.5) is 5.69 Å². The van der Waals surface area contributed by atoms with Crippen LogP contribution in [-0.4, -0.2) is 35.0 Å². The number of rotatable bonds is 6. The van der Waals surface area contributed by atoms with Crippen LogP contribution in [-0.2, 0) is 6.54 Å². The van der Waals surface area contributed by atoms with Gasteiger partial charge in [-0.15, -0.1) is 0 Å². The topological polar surface area (TPSA) is 71.0 Å². The van der Waals surface area contributed by atoms with Crippen LogP contribution < -0.4 is 10.2 Å². The van der Waals surface area contributed by atoms with E-state index >= 15 is 0 Å². The van der Waals surface area contributed by atoms with Gasteiger partial charge in [-0.05, 0) is 54.4 Å². The summed E-state index contributed by atoms with van der Waals surface area (Å²) in [7, 11) is 4.02. The van der Waals surface area contributed by atoms with Crippen LogP contribution in [0.2, 0.25) is 0 Å². The smallest absolute Gasteiger partial charge is 0.270 e. The predicted octanol–water partition coefficient (Wildman–Crippen LogP) is 4.51. The minimum atomic E-state index is -0.215. The molecule has 0 spiro atoms. The van der Waals surface area contributed by atoms with Gasteiger partial charge in [-0.25, -0.2) is 0 Å². The zero-order valence-electron chi connectivity index (χ0n) is 18.4. The lowest BCUT2D eigenvalue weighted by Crippen LogP contribution is -2.23. The fourth-order valence-electron chi connectivity index (χ4n) is 3.34. The second kappa shape index (κ2) is 9.39. The Morgan fingerprint density at radius 1 is 0.875 bits per heavy atom. The van der Waals surface area contributed by atoms with Crippen molar-refractivity contribution in [1.29, 1.82) is 0 Å². The third-order valence-electron chi connectivity index (χ3n) is 5.16. The van der Waals surface area contributed by atoms with Crippen molar-refractivity contribution in [2.24, 2.45) is 0 Å². The van der Waals surface area contributed by atoms with Crippen molar-refractivity contribution < 1.29 is 4.79 Å². The molecule has 1 N–H and O–H groups in total. The molecule has 1 amide bonds. The SMILES string of the molecule is Cc1cc(-c2ccc(CNC(=O)c3ccc(-c4cccc(N(C)C)c4)cn3)cn2)ccn1. The van der Waals surface area contributed by atoms with E-state index in [-0.39, 0.29) is 5.91 Å². The Bertz CT molecular complexity index is 1220. The van der Waals surface area contributed by atoms with Gasteiger partial charge in [-0.1, -0.05) is 24.3 Å². The molecule has 4 aromatic rings. The van der Waals surface area contributed by atoms with Gasteiger partial charge in [-0.3, -0.25) is 19.7 Å². The van der Waals surface area contributed by atoms with Crippen molar-refractivity contribution in [3.05, 3.63) is 96.2 Å². The molecule has 3 heterocycles. The van der Waals surface area contributed by atoms with E-state index in [2.05, 4.69) is 37.3 Å². The maximum Gasteiger partial charge on any atom is 0.270 e. The lowest BCUT2D eigenvalue weighted by atomic mass is 10.1. The Morgan fingerprint density at radius 3 is 2.44 bits per heavy atom. The summed E-state index contributed by atoms with van der Waals surface area (Å²) in [5.74, 6) is -0.215. The molecule has 6 nitrogen and oxygen atoms in total.